The minimum atomic E-state index is -4.77. The van der Waals surface area contributed by atoms with Crippen LogP contribution in [0.2, 0.25) is 5.02 Å². The van der Waals surface area contributed by atoms with Crippen molar-refractivity contribution in [2.45, 2.75) is 11.1 Å². The number of aromatic nitrogens is 3. The van der Waals surface area contributed by atoms with Gasteiger partial charge in [-0.2, -0.15) is 22.5 Å². The molecule has 1 amide bonds. The van der Waals surface area contributed by atoms with Gasteiger partial charge in [-0.1, -0.05) is 16.8 Å². The standard InChI is InChI=1S/C16H10ClF3N4O3S/c1-28(26,11-5-3-10(17)4-6-11)24-14(25)12-7-2-9(8-21-12)13-22-15(27-23-13)16(18,19)20/h2-8H,1H3. The Morgan fingerprint density at radius 1 is 1.18 bits per heavy atom. The number of carbonyl (C=O) groups excluding carboxylic acids is 1. The van der Waals surface area contributed by atoms with Gasteiger partial charge in [0.15, 0.2) is 0 Å². The molecule has 0 fully saturated rings. The largest absolute Gasteiger partial charge is 0.471 e. The molecule has 0 saturated carbocycles. The van der Waals surface area contributed by atoms with Crippen LogP contribution in [0, 0.1) is 0 Å². The zero-order valence-electron chi connectivity index (χ0n) is 14.0. The van der Waals surface area contributed by atoms with Gasteiger partial charge in [0.05, 0.1) is 9.73 Å². The van der Waals surface area contributed by atoms with E-state index in [-0.39, 0.29) is 17.1 Å². The molecule has 1 atom stereocenters. The van der Waals surface area contributed by atoms with Crippen molar-refractivity contribution in [1.29, 1.82) is 0 Å². The monoisotopic (exact) mass is 430 g/mol. The summed E-state index contributed by atoms with van der Waals surface area (Å²) >= 11 is 5.78. The molecule has 0 aliphatic carbocycles. The fourth-order valence-electron chi connectivity index (χ4n) is 2.05. The van der Waals surface area contributed by atoms with E-state index in [9.17, 15) is 22.2 Å². The molecule has 2 heterocycles. The van der Waals surface area contributed by atoms with Crippen molar-refractivity contribution < 1.29 is 26.7 Å². The van der Waals surface area contributed by atoms with Gasteiger partial charge in [0.2, 0.25) is 5.82 Å². The molecule has 0 aliphatic heterocycles. The van der Waals surface area contributed by atoms with Crippen LogP contribution >= 0.6 is 11.6 Å². The maximum Gasteiger partial charge on any atom is 0.471 e. The highest BCUT2D eigenvalue weighted by atomic mass is 35.5. The maximum absolute atomic E-state index is 12.7. The van der Waals surface area contributed by atoms with Gasteiger partial charge in [0.1, 0.15) is 5.69 Å². The van der Waals surface area contributed by atoms with Crippen molar-refractivity contribution in [2.75, 3.05) is 6.26 Å². The third-order valence-corrected chi connectivity index (χ3v) is 5.33. The van der Waals surface area contributed by atoms with Gasteiger partial charge in [0.25, 0.3) is 0 Å². The highest BCUT2D eigenvalue weighted by Crippen LogP contribution is 2.29. The van der Waals surface area contributed by atoms with Crippen LogP contribution in [0.4, 0.5) is 13.2 Å². The first kappa shape index (κ1) is 20.0. The van der Waals surface area contributed by atoms with E-state index in [4.69, 9.17) is 11.6 Å². The van der Waals surface area contributed by atoms with Gasteiger partial charge in [-0.25, -0.2) is 4.21 Å². The van der Waals surface area contributed by atoms with Crippen LogP contribution in [0.1, 0.15) is 16.4 Å². The molecule has 0 bridgehead atoms. The van der Waals surface area contributed by atoms with Gasteiger partial charge in [-0.3, -0.25) is 9.78 Å². The summed E-state index contributed by atoms with van der Waals surface area (Å²) in [6.45, 7) is 0. The van der Waals surface area contributed by atoms with Gasteiger partial charge < -0.3 is 4.52 Å². The van der Waals surface area contributed by atoms with Crippen molar-refractivity contribution >= 4 is 27.2 Å². The van der Waals surface area contributed by atoms with Crippen LogP contribution in [0.25, 0.3) is 11.4 Å². The van der Waals surface area contributed by atoms with Crippen molar-refractivity contribution in [3.63, 3.8) is 0 Å². The predicted octanol–water partition coefficient (Wildman–Crippen LogP) is 4.10. The second kappa shape index (κ2) is 7.32. The van der Waals surface area contributed by atoms with E-state index in [1.807, 2.05) is 0 Å². The third-order valence-electron chi connectivity index (χ3n) is 3.42. The average Bonchev–Trinajstić information content (AvgIpc) is 3.12. The fourth-order valence-corrected chi connectivity index (χ4v) is 3.34. The quantitative estimate of drug-likeness (QED) is 0.620. The normalized spacial score (nSPS) is 13.8. The van der Waals surface area contributed by atoms with Crippen LogP contribution < -0.4 is 0 Å². The number of pyridine rings is 1. The van der Waals surface area contributed by atoms with Crippen molar-refractivity contribution in [2.24, 2.45) is 4.36 Å². The van der Waals surface area contributed by atoms with Crippen LogP contribution in [-0.2, 0) is 15.9 Å². The molecule has 2 aromatic heterocycles. The summed E-state index contributed by atoms with van der Waals surface area (Å²) in [6.07, 6.45) is -2.38. The number of amides is 1. The Hall–Kier alpha value is -2.79. The second-order valence-corrected chi connectivity index (χ2v) is 8.20. The summed E-state index contributed by atoms with van der Waals surface area (Å²) in [7, 11) is -3.04. The maximum atomic E-state index is 12.7. The summed E-state index contributed by atoms with van der Waals surface area (Å²) in [5, 5.41) is 3.66. The Kier molecular flexibility index (Phi) is 5.22. The average molecular weight is 431 g/mol. The molecule has 1 aromatic carbocycles. The lowest BCUT2D eigenvalue weighted by atomic mass is 10.2. The fraction of sp³-hybridized carbons (Fsp3) is 0.125. The number of hydrogen-bond donors (Lipinski definition) is 0. The smallest absolute Gasteiger partial charge is 0.329 e. The molecular formula is C16H10ClF3N4O3S. The van der Waals surface area contributed by atoms with Gasteiger partial charge in [0, 0.05) is 27.9 Å². The summed E-state index contributed by atoms with van der Waals surface area (Å²) in [5.41, 5.74) is -0.0439. The highest BCUT2D eigenvalue weighted by Gasteiger charge is 2.38. The molecule has 1 unspecified atom stereocenters. The van der Waals surface area contributed by atoms with E-state index in [0.29, 0.717) is 9.92 Å². The molecule has 3 rings (SSSR count). The second-order valence-electron chi connectivity index (χ2n) is 5.51. The molecule has 146 valence electrons. The van der Waals surface area contributed by atoms with Gasteiger partial charge in [-0.15, -0.1) is 0 Å². The summed E-state index contributed by atoms with van der Waals surface area (Å²) in [5.74, 6) is -2.68. The van der Waals surface area contributed by atoms with Gasteiger partial charge >= 0.3 is 18.0 Å². The Morgan fingerprint density at radius 2 is 1.86 bits per heavy atom. The summed E-state index contributed by atoms with van der Waals surface area (Å²) in [4.78, 5) is 19.6. The minimum Gasteiger partial charge on any atom is -0.329 e. The van der Waals surface area contributed by atoms with E-state index in [1.54, 1.807) is 0 Å². The van der Waals surface area contributed by atoms with Crippen molar-refractivity contribution in [1.82, 2.24) is 15.1 Å². The number of nitrogens with zero attached hydrogens (tertiary/aromatic N) is 4. The lowest BCUT2D eigenvalue weighted by Gasteiger charge is -2.04. The molecule has 0 saturated heterocycles. The molecule has 0 spiro atoms. The Balaban J connectivity index is 1.85. The predicted molar refractivity (Wildman–Crippen MR) is 93.1 cm³/mol. The number of benzene rings is 1. The Morgan fingerprint density at radius 3 is 2.39 bits per heavy atom. The molecular weight excluding hydrogens is 421 g/mol. The van der Waals surface area contributed by atoms with Crippen LogP contribution in [-0.4, -0.2) is 31.5 Å². The Labute approximate surface area is 161 Å². The minimum absolute atomic E-state index is 0.103. The number of halogens is 4. The lowest BCUT2D eigenvalue weighted by molar-refractivity contribution is -0.159. The number of rotatable bonds is 3. The number of hydrogen-bond acceptors (Lipinski definition) is 6. The molecule has 0 radical (unpaired) electrons. The van der Waals surface area contributed by atoms with E-state index in [0.717, 1.165) is 6.20 Å². The summed E-state index contributed by atoms with van der Waals surface area (Å²) < 4.78 is 58.0. The number of alkyl halides is 3. The molecule has 12 heteroatoms. The van der Waals surface area contributed by atoms with Crippen LogP contribution in [0.3, 0.4) is 0 Å². The van der Waals surface area contributed by atoms with Gasteiger partial charge in [-0.05, 0) is 36.4 Å². The Bertz CT molecular complexity index is 1140. The highest BCUT2D eigenvalue weighted by molar-refractivity contribution is 7.93. The summed E-state index contributed by atoms with van der Waals surface area (Å²) in [6, 6.07) is 8.52. The van der Waals surface area contributed by atoms with Crippen molar-refractivity contribution in [3.8, 4) is 11.4 Å². The third kappa shape index (κ3) is 4.37. The van der Waals surface area contributed by atoms with E-state index >= 15 is 0 Å². The number of carbonyl (C=O) groups is 1. The first-order valence-corrected chi connectivity index (χ1v) is 9.76. The topological polar surface area (TPSA) is 98.3 Å². The van der Waals surface area contributed by atoms with Crippen LogP contribution in [0.5, 0.6) is 0 Å². The first-order chi connectivity index (χ1) is 13.1. The van der Waals surface area contributed by atoms with E-state index in [2.05, 4.69) is 24.0 Å². The zero-order valence-corrected chi connectivity index (χ0v) is 15.5. The van der Waals surface area contributed by atoms with Crippen LogP contribution in [0.15, 0.2) is 56.4 Å². The molecule has 7 nitrogen and oxygen atoms in total. The SMILES string of the molecule is CS(=O)(=NC(=O)c1ccc(-c2noc(C(F)(F)F)n2)cn1)c1ccc(Cl)cc1. The zero-order chi connectivity index (χ0) is 20.5. The van der Waals surface area contributed by atoms with E-state index < -0.39 is 27.7 Å². The first-order valence-electron chi connectivity index (χ1n) is 7.46. The van der Waals surface area contributed by atoms with E-state index in [1.165, 1.54) is 42.7 Å². The van der Waals surface area contributed by atoms with Crippen molar-refractivity contribution in [3.05, 3.63) is 59.2 Å². The lowest BCUT2D eigenvalue weighted by Crippen LogP contribution is -2.06. The molecule has 0 aliphatic rings. The molecule has 28 heavy (non-hydrogen) atoms. The molecule has 3 aromatic rings. The molecule has 0 N–H and O–H groups in total.